The van der Waals surface area contributed by atoms with Crippen molar-refractivity contribution in [3.05, 3.63) is 285 Å². The molecule has 68 heavy (non-hydrogen) atoms. The number of hydrogen-bond donors (Lipinski definition) is 0. The molecular weight excluding hydrogens is 821 g/mol. The van der Waals surface area contributed by atoms with Crippen molar-refractivity contribution >= 4 is 39.7 Å². The summed E-state index contributed by atoms with van der Waals surface area (Å²) in [6.45, 7) is 0. The number of hydrogen-bond acceptors (Lipinski definition) is 2. The summed E-state index contributed by atoms with van der Waals surface area (Å²) in [6.07, 6.45) is 9.07. The van der Waals surface area contributed by atoms with E-state index in [4.69, 9.17) is 0 Å². The predicted molar refractivity (Wildman–Crippen MR) is 289 cm³/mol. The van der Waals surface area contributed by atoms with Gasteiger partial charge < -0.3 is 9.80 Å². The number of allylic oxidation sites excluding steroid dienone is 4. The first-order valence-electron chi connectivity index (χ1n) is 23.6. The summed E-state index contributed by atoms with van der Waals surface area (Å²) < 4.78 is 0. The molecule has 0 saturated heterocycles. The fraction of sp³-hybridized carbons (Fsp3) is 0.0303. The Morgan fingerprint density at radius 3 is 0.853 bits per heavy atom. The van der Waals surface area contributed by atoms with E-state index in [-0.39, 0.29) is 0 Å². The number of benzene rings is 10. The van der Waals surface area contributed by atoms with E-state index in [9.17, 15) is 0 Å². The van der Waals surface area contributed by atoms with Gasteiger partial charge in [-0.25, -0.2) is 0 Å². The Morgan fingerprint density at radius 2 is 0.529 bits per heavy atom. The molecule has 0 radical (unpaired) electrons. The third-order valence-electron chi connectivity index (χ3n) is 12.9. The van der Waals surface area contributed by atoms with Crippen molar-refractivity contribution in [1.29, 1.82) is 0 Å². The summed E-state index contributed by atoms with van der Waals surface area (Å²) in [4.78, 5) is 4.74. The van der Waals surface area contributed by atoms with E-state index in [0.29, 0.717) is 0 Å². The molecule has 0 fully saturated rings. The van der Waals surface area contributed by atoms with Gasteiger partial charge in [0.25, 0.3) is 0 Å². The zero-order chi connectivity index (χ0) is 45.5. The molecule has 324 valence electrons. The molecular formula is C66H50N2. The van der Waals surface area contributed by atoms with E-state index in [1.807, 2.05) is 0 Å². The lowest BCUT2D eigenvalue weighted by molar-refractivity contribution is 1.04. The highest BCUT2D eigenvalue weighted by Crippen LogP contribution is 2.43. The topological polar surface area (TPSA) is 6.48 Å². The van der Waals surface area contributed by atoms with Gasteiger partial charge in [-0.15, -0.1) is 0 Å². The molecule has 10 aromatic carbocycles. The second-order valence-corrected chi connectivity index (χ2v) is 17.2. The van der Waals surface area contributed by atoms with Crippen molar-refractivity contribution < 1.29 is 0 Å². The molecule has 0 N–H and O–H groups in total. The fourth-order valence-corrected chi connectivity index (χ4v) is 9.39. The highest BCUT2D eigenvalue weighted by atomic mass is 15.1. The Hall–Kier alpha value is -8.72. The van der Waals surface area contributed by atoms with E-state index in [1.54, 1.807) is 0 Å². The molecule has 0 aliphatic heterocycles. The molecule has 0 aromatic heterocycles. The molecule has 2 nitrogen and oxygen atoms in total. The molecule has 1 aliphatic carbocycles. The van der Waals surface area contributed by atoms with Gasteiger partial charge in [0.05, 0.1) is 0 Å². The summed E-state index contributed by atoms with van der Waals surface area (Å²) in [7, 11) is 0. The zero-order valence-corrected chi connectivity index (χ0v) is 37.9. The van der Waals surface area contributed by atoms with Crippen LogP contribution in [0, 0.1) is 0 Å². The van der Waals surface area contributed by atoms with Gasteiger partial charge in [0.2, 0.25) is 0 Å². The van der Waals surface area contributed by atoms with Crippen LogP contribution in [0.5, 0.6) is 0 Å². The van der Waals surface area contributed by atoms with Crippen LogP contribution in [0.3, 0.4) is 0 Å². The van der Waals surface area contributed by atoms with Crippen LogP contribution < -0.4 is 9.80 Å². The van der Waals surface area contributed by atoms with Crippen molar-refractivity contribution in [2.45, 2.75) is 12.8 Å². The standard InChI is InChI=1S/C66H50N2/c1-6-16-49(17-7-1)53-26-36-59(37-27-53)67(60-38-28-54(29-39-60)50-18-8-2-9-19-50)61-44-34-58(35-45-61)65-47-46-64(48-66(65)57-24-14-5-15-25-57)68(62-40-30-55(31-41-62)51-20-10-3-11-21-51)63-42-32-56(33-43-63)52-22-12-4-13-23-52/h1-4,6-14,16-48H,5,15H2. The van der Waals surface area contributed by atoms with Crippen molar-refractivity contribution in [3.63, 3.8) is 0 Å². The minimum absolute atomic E-state index is 1.02. The largest absolute Gasteiger partial charge is 0.311 e. The Labute approximate surface area is 400 Å². The van der Waals surface area contributed by atoms with E-state index in [0.717, 1.165) is 47.0 Å². The average molecular weight is 871 g/mol. The Balaban J connectivity index is 0.980. The highest BCUT2D eigenvalue weighted by molar-refractivity contribution is 5.91. The second kappa shape index (κ2) is 19.4. The second-order valence-electron chi connectivity index (χ2n) is 17.2. The van der Waals surface area contributed by atoms with Crippen LogP contribution in [0.1, 0.15) is 18.4 Å². The van der Waals surface area contributed by atoms with Gasteiger partial charge >= 0.3 is 0 Å². The molecule has 0 atom stereocenters. The highest BCUT2D eigenvalue weighted by Gasteiger charge is 2.19. The zero-order valence-electron chi connectivity index (χ0n) is 37.9. The van der Waals surface area contributed by atoms with Crippen molar-refractivity contribution in [3.8, 4) is 55.6 Å². The summed E-state index contributed by atoms with van der Waals surface area (Å²) in [5, 5.41) is 0. The van der Waals surface area contributed by atoms with Crippen LogP contribution in [-0.2, 0) is 0 Å². The minimum Gasteiger partial charge on any atom is -0.311 e. The Bertz CT molecular complexity index is 3140. The first-order valence-corrected chi connectivity index (χ1v) is 23.6. The number of anilines is 6. The summed E-state index contributed by atoms with van der Waals surface area (Å²) >= 11 is 0. The summed E-state index contributed by atoms with van der Waals surface area (Å²) in [6, 6.07) is 94.2. The van der Waals surface area contributed by atoms with Crippen molar-refractivity contribution in [1.82, 2.24) is 0 Å². The third kappa shape index (κ3) is 8.96. The molecule has 0 saturated carbocycles. The van der Waals surface area contributed by atoms with Crippen LogP contribution in [0.15, 0.2) is 279 Å². The van der Waals surface area contributed by atoms with Gasteiger partial charge in [0, 0.05) is 34.1 Å². The molecule has 0 heterocycles. The van der Waals surface area contributed by atoms with Gasteiger partial charge in [-0.3, -0.25) is 0 Å². The molecule has 1 aliphatic rings. The van der Waals surface area contributed by atoms with Crippen molar-refractivity contribution in [2.75, 3.05) is 9.80 Å². The van der Waals surface area contributed by atoms with Crippen molar-refractivity contribution in [2.24, 2.45) is 0 Å². The Morgan fingerprint density at radius 1 is 0.235 bits per heavy atom. The molecule has 11 rings (SSSR count). The average Bonchev–Trinajstić information content (AvgIpc) is 3.43. The maximum Gasteiger partial charge on any atom is 0.0468 e. The van der Waals surface area contributed by atoms with E-state index in [2.05, 4.69) is 289 Å². The van der Waals surface area contributed by atoms with Gasteiger partial charge in [-0.05, 0) is 152 Å². The molecule has 10 aromatic rings. The lowest BCUT2D eigenvalue weighted by Gasteiger charge is -2.28. The quantitative estimate of drug-likeness (QED) is 0.121. The van der Waals surface area contributed by atoms with Gasteiger partial charge in [0.1, 0.15) is 0 Å². The third-order valence-corrected chi connectivity index (χ3v) is 12.9. The first kappa shape index (κ1) is 41.9. The summed E-state index contributed by atoms with van der Waals surface area (Å²) in [5.41, 5.74) is 21.0. The van der Waals surface area contributed by atoms with E-state index < -0.39 is 0 Å². The lowest BCUT2D eigenvalue weighted by Crippen LogP contribution is -2.11. The summed E-state index contributed by atoms with van der Waals surface area (Å²) in [5.74, 6) is 0. The minimum atomic E-state index is 1.02. The molecule has 2 heteroatoms. The van der Waals surface area contributed by atoms with Gasteiger partial charge in [-0.1, -0.05) is 206 Å². The van der Waals surface area contributed by atoms with Gasteiger partial charge in [-0.2, -0.15) is 0 Å². The normalized spacial score (nSPS) is 12.0. The fourth-order valence-electron chi connectivity index (χ4n) is 9.39. The van der Waals surface area contributed by atoms with Crippen LogP contribution in [0.2, 0.25) is 0 Å². The molecule has 0 amide bonds. The smallest absolute Gasteiger partial charge is 0.0468 e. The van der Waals surface area contributed by atoms with Crippen LogP contribution in [0.25, 0.3) is 61.2 Å². The Kier molecular flexibility index (Phi) is 12.0. The SMILES string of the molecule is C1=CC(c2cc(N(c3ccc(-c4ccccc4)cc3)c3ccc(-c4ccccc4)cc3)ccc2-c2ccc(N(c3ccc(-c4ccccc4)cc3)c3ccc(-c4ccccc4)cc3)cc2)=CCC1. The van der Waals surface area contributed by atoms with Crippen LogP contribution in [0.4, 0.5) is 34.1 Å². The monoisotopic (exact) mass is 870 g/mol. The maximum absolute atomic E-state index is 2.39. The first-order chi connectivity index (χ1) is 33.7. The molecule has 0 bridgehead atoms. The van der Waals surface area contributed by atoms with Crippen LogP contribution >= 0.6 is 0 Å². The van der Waals surface area contributed by atoms with Crippen LogP contribution in [-0.4, -0.2) is 0 Å². The molecule has 0 unspecified atom stereocenters. The molecule has 0 spiro atoms. The van der Waals surface area contributed by atoms with Gasteiger partial charge in [0.15, 0.2) is 0 Å². The lowest BCUT2D eigenvalue weighted by atomic mass is 9.90. The predicted octanol–water partition coefficient (Wildman–Crippen LogP) is 18.7. The number of rotatable bonds is 12. The van der Waals surface area contributed by atoms with E-state index >= 15 is 0 Å². The maximum atomic E-state index is 2.39. The van der Waals surface area contributed by atoms with E-state index in [1.165, 1.54) is 66.8 Å². The number of nitrogens with zero attached hydrogens (tertiary/aromatic N) is 2.